The molecule has 4 atom stereocenters. The number of hydrogen-bond acceptors (Lipinski definition) is 6. The smallest absolute Gasteiger partial charge is 0.253 e. The van der Waals surface area contributed by atoms with Crippen LogP contribution in [0.1, 0.15) is 77.3 Å². The maximum Gasteiger partial charge on any atom is 0.253 e. The SMILES string of the molecule is CCN1CCC[C@H](NC(=O)c2ccc(N3[C@@H]4CC[C@H]3C[C@@H](NC(=O)c3ccc5c(c3C)OCC5)C4)nc2)C1. The molecule has 2 aromatic rings. The molecule has 4 aliphatic heterocycles. The summed E-state index contributed by atoms with van der Waals surface area (Å²) in [4.78, 5) is 35.5. The van der Waals surface area contributed by atoms with Gasteiger partial charge in [0.25, 0.3) is 11.8 Å². The Balaban J connectivity index is 1.07. The number of benzene rings is 1. The third kappa shape index (κ3) is 4.86. The Morgan fingerprint density at radius 3 is 2.55 bits per heavy atom. The van der Waals surface area contributed by atoms with E-state index < -0.39 is 0 Å². The minimum Gasteiger partial charge on any atom is -0.493 e. The Hall–Kier alpha value is -3.13. The average Bonchev–Trinajstić information content (AvgIpc) is 3.52. The van der Waals surface area contributed by atoms with Crippen LogP contribution in [0.15, 0.2) is 30.5 Å². The van der Waals surface area contributed by atoms with E-state index in [9.17, 15) is 9.59 Å². The second-order valence-electron chi connectivity index (χ2n) is 11.4. The van der Waals surface area contributed by atoms with Crippen molar-refractivity contribution in [2.24, 2.45) is 0 Å². The molecule has 0 unspecified atom stereocenters. The molecular formula is C30H39N5O3. The average molecular weight is 518 g/mol. The van der Waals surface area contributed by atoms with E-state index in [0.29, 0.717) is 29.8 Å². The fourth-order valence-corrected chi connectivity index (χ4v) is 6.99. The van der Waals surface area contributed by atoms with Crippen LogP contribution in [0.4, 0.5) is 5.82 Å². The van der Waals surface area contributed by atoms with Gasteiger partial charge in [0, 0.05) is 54.5 Å². The van der Waals surface area contributed by atoms with Gasteiger partial charge in [-0.15, -0.1) is 0 Å². The highest BCUT2D eigenvalue weighted by atomic mass is 16.5. The molecule has 202 valence electrons. The van der Waals surface area contributed by atoms with Crippen molar-refractivity contribution in [3.8, 4) is 5.75 Å². The second kappa shape index (κ2) is 10.6. The summed E-state index contributed by atoms with van der Waals surface area (Å²) in [6.45, 7) is 7.90. The molecule has 0 saturated carbocycles. The fraction of sp³-hybridized carbons (Fsp3) is 0.567. The zero-order valence-electron chi connectivity index (χ0n) is 22.5. The van der Waals surface area contributed by atoms with Gasteiger partial charge in [-0.2, -0.15) is 0 Å². The summed E-state index contributed by atoms with van der Waals surface area (Å²) in [5, 5.41) is 6.51. The van der Waals surface area contributed by atoms with Gasteiger partial charge in [0.05, 0.1) is 12.2 Å². The zero-order valence-corrected chi connectivity index (χ0v) is 22.5. The van der Waals surface area contributed by atoms with Crippen LogP contribution < -0.4 is 20.3 Å². The third-order valence-corrected chi connectivity index (χ3v) is 8.98. The van der Waals surface area contributed by atoms with Crippen molar-refractivity contribution in [3.63, 3.8) is 0 Å². The summed E-state index contributed by atoms with van der Waals surface area (Å²) >= 11 is 0. The monoisotopic (exact) mass is 517 g/mol. The van der Waals surface area contributed by atoms with Crippen molar-refractivity contribution < 1.29 is 14.3 Å². The van der Waals surface area contributed by atoms with Gasteiger partial charge in [-0.25, -0.2) is 4.98 Å². The lowest BCUT2D eigenvalue weighted by molar-refractivity contribution is 0.0903. The number of anilines is 1. The van der Waals surface area contributed by atoms with Crippen LogP contribution in [-0.4, -0.2) is 72.1 Å². The molecule has 4 aliphatic rings. The van der Waals surface area contributed by atoms with Gasteiger partial charge in [-0.3, -0.25) is 9.59 Å². The van der Waals surface area contributed by atoms with Crippen molar-refractivity contribution in [3.05, 3.63) is 52.7 Å². The van der Waals surface area contributed by atoms with Crippen molar-refractivity contribution in [2.75, 3.05) is 31.1 Å². The number of rotatable bonds is 6. The molecular weight excluding hydrogens is 478 g/mol. The predicted octanol–water partition coefficient (Wildman–Crippen LogP) is 3.47. The molecule has 3 saturated heterocycles. The summed E-state index contributed by atoms with van der Waals surface area (Å²) in [5.74, 6) is 1.77. The molecule has 0 radical (unpaired) electrons. The van der Waals surface area contributed by atoms with Crippen LogP contribution in [0, 0.1) is 6.92 Å². The van der Waals surface area contributed by atoms with E-state index in [4.69, 9.17) is 9.72 Å². The molecule has 6 rings (SSSR count). The minimum absolute atomic E-state index is 0.00726. The number of nitrogens with one attached hydrogen (secondary N) is 2. The first-order valence-corrected chi connectivity index (χ1v) is 14.3. The van der Waals surface area contributed by atoms with Crippen LogP contribution in [0.3, 0.4) is 0 Å². The molecule has 5 heterocycles. The maximum atomic E-state index is 13.2. The van der Waals surface area contributed by atoms with Gasteiger partial charge in [-0.05, 0) is 82.3 Å². The lowest BCUT2D eigenvalue weighted by atomic mass is 9.96. The largest absolute Gasteiger partial charge is 0.493 e. The Labute approximate surface area is 225 Å². The lowest BCUT2D eigenvalue weighted by Crippen LogP contribution is -2.51. The number of hydrogen-bond donors (Lipinski definition) is 2. The number of carbonyl (C=O) groups excluding carboxylic acids is 2. The van der Waals surface area contributed by atoms with Gasteiger partial charge in [0.15, 0.2) is 0 Å². The first-order valence-electron chi connectivity index (χ1n) is 14.3. The van der Waals surface area contributed by atoms with E-state index in [0.717, 1.165) is 81.7 Å². The van der Waals surface area contributed by atoms with Crippen LogP contribution in [0.25, 0.3) is 0 Å². The molecule has 0 aliphatic carbocycles. The highest BCUT2D eigenvalue weighted by Gasteiger charge is 2.42. The second-order valence-corrected chi connectivity index (χ2v) is 11.4. The molecule has 8 heteroatoms. The lowest BCUT2D eigenvalue weighted by Gasteiger charge is -2.40. The maximum absolute atomic E-state index is 13.2. The predicted molar refractivity (Wildman–Crippen MR) is 147 cm³/mol. The van der Waals surface area contributed by atoms with Crippen LogP contribution >= 0.6 is 0 Å². The summed E-state index contributed by atoms with van der Waals surface area (Å²) in [5.41, 5.74) is 3.47. The number of fused-ring (bicyclic) bond motifs is 3. The number of piperidine rings is 2. The molecule has 2 amide bonds. The number of amides is 2. The highest BCUT2D eigenvalue weighted by molar-refractivity contribution is 5.97. The Morgan fingerprint density at radius 2 is 1.82 bits per heavy atom. The van der Waals surface area contributed by atoms with Gasteiger partial charge < -0.3 is 25.2 Å². The van der Waals surface area contributed by atoms with Crippen molar-refractivity contribution in [1.29, 1.82) is 0 Å². The van der Waals surface area contributed by atoms with Crippen LogP contribution in [0.2, 0.25) is 0 Å². The number of likely N-dealkylation sites (N-methyl/N-ethyl adjacent to an activating group) is 1. The number of ether oxygens (including phenoxy) is 1. The Bertz CT molecular complexity index is 1190. The van der Waals surface area contributed by atoms with Gasteiger partial charge >= 0.3 is 0 Å². The summed E-state index contributed by atoms with van der Waals surface area (Å²) in [6.07, 6.45) is 8.79. The normalized spacial score (nSPS) is 26.5. The molecule has 8 nitrogen and oxygen atoms in total. The quantitative estimate of drug-likeness (QED) is 0.610. The summed E-state index contributed by atoms with van der Waals surface area (Å²) in [7, 11) is 0. The van der Waals surface area contributed by atoms with Gasteiger partial charge in [-0.1, -0.05) is 13.0 Å². The van der Waals surface area contributed by atoms with E-state index in [-0.39, 0.29) is 23.9 Å². The van der Waals surface area contributed by atoms with Gasteiger partial charge in [0.1, 0.15) is 11.6 Å². The van der Waals surface area contributed by atoms with Crippen LogP contribution in [0.5, 0.6) is 5.75 Å². The van der Waals surface area contributed by atoms with Crippen molar-refractivity contribution in [2.45, 2.75) is 83.0 Å². The molecule has 1 aromatic carbocycles. The summed E-state index contributed by atoms with van der Waals surface area (Å²) in [6, 6.07) is 8.91. The fourth-order valence-electron chi connectivity index (χ4n) is 6.99. The first kappa shape index (κ1) is 25.2. The molecule has 0 spiro atoms. The number of aromatic nitrogens is 1. The number of nitrogens with zero attached hydrogens (tertiary/aromatic N) is 3. The van der Waals surface area contributed by atoms with E-state index in [1.165, 1.54) is 5.56 Å². The van der Waals surface area contributed by atoms with E-state index >= 15 is 0 Å². The molecule has 1 aromatic heterocycles. The van der Waals surface area contributed by atoms with Gasteiger partial charge in [0.2, 0.25) is 0 Å². The number of carbonyl (C=O) groups is 2. The standard InChI is InChI=1S/C30H39N5O3/c1-3-34-13-4-5-22(18-34)32-29(36)21-7-11-27(31-17-21)35-24-8-9-25(35)16-23(15-24)33-30(37)26-10-6-20-12-14-38-28(20)19(26)2/h6-7,10-11,17,22-25H,3-5,8-9,12-16,18H2,1-2H3,(H,32,36)(H,33,37)/t22-,23-,24+,25-/m0/s1. The molecule has 38 heavy (non-hydrogen) atoms. The Kier molecular flexibility index (Phi) is 6.99. The van der Waals surface area contributed by atoms with Crippen molar-refractivity contribution in [1.82, 2.24) is 20.5 Å². The minimum atomic E-state index is -0.0383. The van der Waals surface area contributed by atoms with Crippen LogP contribution in [-0.2, 0) is 6.42 Å². The highest BCUT2D eigenvalue weighted by Crippen LogP contribution is 2.39. The molecule has 3 fully saturated rings. The molecule has 2 bridgehead atoms. The number of likely N-dealkylation sites (tertiary alicyclic amines) is 1. The number of pyridine rings is 1. The Morgan fingerprint density at radius 1 is 1.03 bits per heavy atom. The summed E-state index contributed by atoms with van der Waals surface area (Å²) < 4.78 is 5.77. The van der Waals surface area contributed by atoms with E-state index in [2.05, 4.69) is 27.4 Å². The topological polar surface area (TPSA) is 86.8 Å². The first-order chi connectivity index (χ1) is 18.5. The zero-order chi connectivity index (χ0) is 26.2. The van der Waals surface area contributed by atoms with Crippen molar-refractivity contribution >= 4 is 17.6 Å². The molecule has 2 N–H and O–H groups in total. The third-order valence-electron chi connectivity index (χ3n) is 8.98. The van der Waals surface area contributed by atoms with E-state index in [1.807, 2.05) is 31.2 Å². The van der Waals surface area contributed by atoms with E-state index in [1.54, 1.807) is 6.20 Å².